The molecule has 6 nitrogen and oxygen atoms in total. The normalized spacial score (nSPS) is 15.6. The summed E-state index contributed by atoms with van der Waals surface area (Å²) in [7, 11) is 1.36. The van der Waals surface area contributed by atoms with Crippen LogP contribution in [0.4, 0.5) is 0 Å². The highest BCUT2D eigenvalue weighted by atomic mass is 32.1. The molecule has 0 atom stereocenters. The topological polar surface area (TPSA) is 63.0 Å². The Hall–Kier alpha value is -2.12. The molecule has 23 heavy (non-hydrogen) atoms. The smallest absolute Gasteiger partial charge is 0.341 e. The minimum absolute atomic E-state index is 0.0906. The zero-order chi connectivity index (χ0) is 16.2. The van der Waals surface area contributed by atoms with E-state index in [0.717, 1.165) is 18.0 Å². The molecule has 0 unspecified atom stereocenters. The molecule has 0 aromatic carbocycles. The lowest BCUT2D eigenvalue weighted by atomic mass is 10.2. The first-order chi connectivity index (χ1) is 11.2. The number of hydrogen-bond acceptors (Lipinski definition) is 6. The maximum atomic E-state index is 12.3. The van der Waals surface area contributed by atoms with Gasteiger partial charge in [-0.1, -0.05) is 6.07 Å². The van der Waals surface area contributed by atoms with Crippen molar-refractivity contribution in [2.75, 3.05) is 33.3 Å². The molecule has 0 saturated carbocycles. The first-order valence-electron chi connectivity index (χ1n) is 7.39. The molecule has 0 aliphatic carbocycles. The number of hydrogen-bond donors (Lipinski definition) is 0. The summed E-state index contributed by atoms with van der Waals surface area (Å²) in [6, 6.07) is 5.36. The van der Waals surface area contributed by atoms with Crippen LogP contribution in [-0.2, 0) is 11.3 Å². The Bertz CT molecular complexity index is 672. The SMILES string of the molecule is COC(=O)c1ccoc1CN1CCN(C(=O)c2cccs2)CC1. The maximum Gasteiger partial charge on any atom is 0.341 e. The van der Waals surface area contributed by atoms with Crippen LogP contribution < -0.4 is 0 Å². The van der Waals surface area contributed by atoms with Crippen LogP contribution in [0.15, 0.2) is 34.3 Å². The number of methoxy groups -OCH3 is 1. The molecular formula is C16H18N2O4S. The van der Waals surface area contributed by atoms with Crippen LogP contribution in [0.3, 0.4) is 0 Å². The number of thiophene rings is 1. The molecule has 1 saturated heterocycles. The van der Waals surface area contributed by atoms with Crippen LogP contribution in [0.25, 0.3) is 0 Å². The molecule has 1 fully saturated rings. The van der Waals surface area contributed by atoms with Crippen molar-refractivity contribution in [1.29, 1.82) is 0 Å². The van der Waals surface area contributed by atoms with Crippen molar-refractivity contribution in [3.05, 3.63) is 46.0 Å². The van der Waals surface area contributed by atoms with Gasteiger partial charge in [-0.3, -0.25) is 9.69 Å². The van der Waals surface area contributed by atoms with Gasteiger partial charge < -0.3 is 14.1 Å². The number of amides is 1. The predicted octanol–water partition coefficient (Wildman–Crippen LogP) is 2.09. The summed E-state index contributed by atoms with van der Waals surface area (Å²) in [6.07, 6.45) is 1.50. The average Bonchev–Trinajstić information content (AvgIpc) is 3.26. The third kappa shape index (κ3) is 3.46. The summed E-state index contributed by atoms with van der Waals surface area (Å²) in [5.74, 6) is 0.308. The fourth-order valence-electron chi connectivity index (χ4n) is 2.62. The number of nitrogens with zero attached hydrogens (tertiary/aromatic N) is 2. The van der Waals surface area contributed by atoms with E-state index in [0.29, 0.717) is 31.0 Å². The number of ether oxygens (including phenoxy) is 1. The van der Waals surface area contributed by atoms with Gasteiger partial charge in [0.25, 0.3) is 5.91 Å². The minimum atomic E-state index is -0.389. The molecule has 2 aromatic rings. The van der Waals surface area contributed by atoms with Gasteiger partial charge in [-0.15, -0.1) is 11.3 Å². The fraction of sp³-hybridized carbons (Fsp3) is 0.375. The van der Waals surface area contributed by atoms with Crippen molar-refractivity contribution in [3.8, 4) is 0 Å². The van der Waals surface area contributed by atoms with Crippen LogP contribution in [-0.4, -0.2) is 55.0 Å². The van der Waals surface area contributed by atoms with Gasteiger partial charge in [0.05, 0.1) is 24.8 Å². The molecule has 1 aliphatic heterocycles. The van der Waals surface area contributed by atoms with Gasteiger partial charge in [-0.25, -0.2) is 4.79 Å². The molecule has 3 heterocycles. The Morgan fingerprint density at radius 2 is 2.04 bits per heavy atom. The van der Waals surface area contributed by atoms with E-state index in [2.05, 4.69) is 4.90 Å². The molecule has 122 valence electrons. The highest BCUT2D eigenvalue weighted by Gasteiger charge is 2.24. The third-order valence-electron chi connectivity index (χ3n) is 3.91. The Balaban J connectivity index is 1.57. The van der Waals surface area contributed by atoms with Crippen molar-refractivity contribution in [1.82, 2.24) is 9.80 Å². The summed E-state index contributed by atoms with van der Waals surface area (Å²) in [6.45, 7) is 3.38. The Kier molecular flexibility index (Phi) is 4.78. The Morgan fingerprint density at radius 1 is 1.26 bits per heavy atom. The third-order valence-corrected chi connectivity index (χ3v) is 4.77. The second-order valence-corrected chi connectivity index (χ2v) is 6.24. The number of carbonyl (C=O) groups is 2. The summed E-state index contributed by atoms with van der Waals surface area (Å²) in [4.78, 5) is 28.8. The largest absolute Gasteiger partial charge is 0.467 e. The average molecular weight is 334 g/mol. The Labute approximate surface area is 138 Å². The summed E-state index contributed by atoms with van der Waals surface area (Å²) < 4.78 is 10.1. The van der Waals surface area contributed by atoms with E-state index < -0.39 is 0 Å². The fourth-order valence-corrected chi connectivity index (χ4v) is 3.31. The van der Waals surface area contributed by atoms with Gasteiger partial charge in [0.15, 0.2) is 0 Å². The lowest BCUT2D eigenvalue weighted by molar-refractivity contribution is 0.0590. The molecule has 0 spiro atoms. The Morgan fingerprint density at radius 3 is 2.70 bits per heavy atom. The van der Waals surface area contributed by atoms with Crippen molar-refractivity contribution < 1.29 is 18.7 Å². The van der Waals surface area contributed by atoms with E-state index in [1.807, 2.05) is 22.4 Å². The quantitative estimate of drug-likeness (QED) is 0.801. The number of esters is 1. The van der Waals surface area contributed by atoms with Crippen molar-refractivity contribution in [2.24, 2.45) is 0 Å². The highest BCUT2D eigenvalue weighted by Crippen LogP contribution is 2.17. The van der Waals surface area contributed by atoms with Gasteiger partial charge in [0, 0.05) is 26.2 Å². The number of furan rings is 1. The second kappa shape index (κ2) is 6.97. The van der Waals surface area contributed by atoms with E-state index in [-0.39, 0.29) is 11.9 Å². The first-order valence-corrected chi connectivity index (χ1v) is 8.27. The van der Waals surface area contributed by atoms with Crippen molar-refractivity contribution >= 4 is 23.2 Å². The summed E-state index contributed by atoms with van der Waals surface area (Å²) in [5.41, 5.74) is 0.463. The van der Waals surface area contributed by atoms with Crippen LogP contribution >= 0.6 is 11.3 Å². The first kappa shape index (κ1) is 15.8. The molecule has 1 amide bonds. The minimum Gasteiger partial charge on any atom is -0.467 e. The number of rotatable bonds is 4. The molecule has 2 aromatic heterocycles. The lowest BCUT2D eigenvalue weighted by Crippen LogP contribution is -2.48. The lowest BCUT2D eigenvalue weighted by Gasteiger charge is -2.34. The standard InChI is InChI=1S/C16H18N2O4S/c1-21-16(20)12-4-9-22-13(12)11-17-5-7-18(8-6-17)15(19)14-3-2-10-23-14/h2-4,9-10H,5-8,11H2,1H3. The van der Waals surface area contributed by atoms with Gasteiger partial charge in [0.1, 0.15) is 11.3 Å². The molecule has 0 N–H and O–H groups in total. The van der Waals surface area contributed by atoms with E-state index in [1.165, 1.54) is 24.7 Å². The number of carbonyl (C=O) groups excluding carboxylic acids is 2. The van der Waals surface area contributed by atoms with E-state index in [1.54, 1.807) is 6.07 Å². The van der Waals surface area contributed by atoms with Crippen LogP contribution in [0.1, 0.15) is 25.8 Å². The van der Waals surface area contributed by atoms with Gasteiger partial charge in [-0.2, -0.15) is 0 Å². The highest BCUT2D eigenvalue weighted by molar-refractivity contribution is 7.12. The zero-order valence-corrected chi connectivity index (χ0v) is 13.7. The molecule has 1 aliphatic rings. The summed E-state index contributed by atoms with van der Waals surface area (Å²) >= 11 is 1.47. The second-order valence-electron chi connectivity index (χ2n) is 5.29. The van der Waals surface area contributed by atoms with Gasteiger partial charge in [-0.05, 0) is 17.5 Å². The van der Waals surface area contributed by atoms with Crippen LogP contribution in [0.5, 0.6) is 0 Å². The zero-order valence-electron chi connectivity index (χ0n) is 12.9. The number of piperazine rings is 1. The van der Waals surface area contributed by atoms with Crippen molar-refractivity contribution in [3.63, 3.8) is 0 Å². The molecule has 0 radical (unpaired) electrons. The van der Waals surface area contributed by atoms with E-state index in [9.17, 15) is 9.59 Å². The molecule has 3 rings (SSSR count). The maximum absolute atomic E-state index is 12.3. The van der Waals surface area contributed by atoms with Crippen LogP contribution in [0.2, 0.25) is 0 Å². The van der Waals surface area contributed by atoms with E-state index >= 15 is 0 Å². The van der Waals surface area contributed by atoms with Crippen LogP contribution in [0, 0.1) is 0 Å². The monoisotopic (exact) mass is 334 g/mol. The van der Waals surface area contributed by atoms with Crippen molar-refractivity contribution in [2.45, 2.75) is 6.54 Å². The molecule has 7 heteroatoms. The molecule has 0 bridgehead atoms. The van der Waals surface area contributed by atoms with Gasteiger partial charge in [0.2, 0.25) is 0 Å². The van der Waals surface area contributed by atoms with E-state index in [4.69, 9.17) is 9.15 Å². The summed E-state index contributed by atoms with van der Waals surface area (Å²) in [5, 5.41) is 1.91. The van der Waals surface area contributed by atoms with Gasteiger partial charge >= 0.3 is 5.97 Å². The molecular weight excluding hydrogens is 316 g/mol. The predicted molar refractivity (Wildman–Crippen MR) is 85.5 cm³/mol.